The minimum absolute atomic E-state index is 0.227. The van der Waals surface area contributed by atoms with Gasteiger partial charge in [0, 0.05) is 6.61 Å². The molecule has 1 rings (SSSR count). The molecule has 70 valence electrons. The molecular formula is C12H16O. The van der Waals surface area contributed by atoms with Crippen molar-refractivity contribution in [2.24, 2.45) is 5.92 Å². The van der Waals surface area contributed by atoms with Gasteiger partial charge in [-0.05, 0) is 17.9 Å². The summed E-state index contributed by atoms with van der Waals surface area (Å²) < 4.78 is 0. The molecule has 13 heavy (non-hydrogen) atoms. The van der Waals surface area contributed by atoms with Crippen LogP contribution in [-0.2, 0) is 6.42 Å². The zero-order chi connectivity index (χ0) is 9.52. The van der Waals surface area contributed by atoms with Crippen molar-refractivity contribution in [1.29, 1.82) is 0 Å². The average Bonchev–Trinajstić information content (AvgIpc) is 2.19. The molecule has 1 aromatic rings. The maximum atomic E-state index is 8.78. The largest absolute Gasteiger partial charge is 0.396 e. The number of rotatable bonds is 4. The number of hydrogen-bond acceptors (Lipinski definition) is 1. The zero-order valence-corrected chi connectivity index (χ0v) is 7.98. The molecule has 0 saturated carbocycles. The van der Waals surface area contributed by atoms with Crippen LogP contribution in [0.4, 0.5) is 0 Å². The van der Waals surface area contributed by atoms with E-state index in [9.17, 15) is 0 Å². The van der Waals surface area contributed by atoms with E-state index in [1.54, 1.807) is 0 Å². The lowest BCUT2D eigenvalue weighted by atomic mass is 10.1. The Hall–Kier alpha value is -1.08. The topological polar surface area (TPSA) is 20.2 Å². The second-order valence-electron chi connectivity index (χ2n) is 3.28. The van der Waals surface area contributed by atoms with E-state index in [1.807, 2.05) is 31.2 Å². The van der Waals surface area contributed by atoms with Gasteiger partial charge in [0.05, 0.1) is 0 Å². The number of aliphatic hydroxyl groups is 1. The van der Waals surface area contributed by atoms with Crippen LogP contribution in [0.2, 0.25) is 0 Å². The van der Waals surface area contributed by atoms with Gasteiger partial charge in [-0.1, -0.05) is 49.4 Å². The Morgan fingerprint density at radius 1 is 1.31 bits per heavy atom. The van der Waals surface area contributed by atoms with Gasteiger partial charge in [-0.25, -0.2) is 0 Å². The molecule has 1 atom stereocenters. The quantitative estimate of drug-likeness (QED) is 0.698. The SMILES string of the molecule is C[C@H](/C=C/Cc1ccccc1)CO. The molecule has 0 aromatic heterocycles. The van der Waals surface area contributed by atoms with E-state index in [4.69, 9.17) is 5.11 Å². The third kappa shape index (κ3) is 3.90. The molecule has 0 fully saturated rings. The van der Waals surface area contributed by atoms with Crippen LogP contribution in [0, 0.1) is 5.92 Å². The van der Waals surface area contributed by atoms with Crippen molar-refractivity contribution in [2.45, 2.75) is 13.3 Å². The molecule has 0 spiro atoms. The molecule has 0 unspecified atom stereocenters. The van der Waals surface area contributed by atoms with Gasteiger partial charge < -0.3 is 5.11 Å². The highest BCUT2D eigenvalue weighted by molar-refractivity contribution is 5.17. The second kappa shape index (κ2) is 5.55. The van der Waals surface area contributed by atoms with Crippen molar-refractivity contribution in [3.63, 3.8) is 0 Å². The Morgan fingerprint density at radius 3 is 2.62 bits per heavy atom. The molecule has 1 aromatic carbocycles. The smallest absolute Gasteiger partial charge is 0.0491 e. The van der Waals surface area contributed by atoms with E-state index in [0.717, 1.165) is 6.42 Å². The highest BCUT2D eigenvalue weighted by atomic mass is 16.3. The van der Waals surface area contributed by atoms with Crippen LogP contribution in [-0.4, -0.2) is 11.7 Å². The van der Waals surface area contributed by atoms with Gasteiger partial charge in [-0.2, -0.15) is 0 Å². The lowest BCUT2D eigenvalue weighted by Crippen LogP contribution is -1.95. The van der Waals surface area contributed by atoms with E-state index >= 15 is 0 Å². The van der Waals surface area contributed by atoms with E-state index < -0.39 is 0 Å². The third-order valence-electron chi connectivity index (χ3n) is 1.95. The van der Waals surface area contributed by atoms with Crippen molar-refractivity contribution in [3.05, 3.63) is 48.0 Å². The Labute approximate surface area is 79.7 Å². The van der Waals surface area contributed by atoms with Gasteiger partial charge in [-0.15, -0.1) is 0 Å². The minimum atomic E-state index is 0.227. The Bertz CT molecular complexity index is 251. The van der Waals surface area contributed by atoms with Crippen molar-refractivity contribution in [1.82, 2.24) is 0 Å². The van der Waals surface area contributed by atoms with Gasteiger partial charge in [0.2, 0.25) is 0 Å². The fourth-order valence-corrected chi connectivity index (χ4v) is 1.11. The average molecular weight is 176 g/mol. The summed E-state index contributed by atoms with van der Waals surface area (Å²) in [7, 11) is 0. The van der Waals surface area contributed by atoms with Gasteiger partial charge in [-0.3, -0.25) is 0 Å². The van der Waals surface area contributed by atoms with Crippen molar-refractivity contribution in [3.8, 4) is 0 Å². The fraction of sp³-hybridized carbons (Fsp3) is 0.333. The summed E-state index contributed by atoms with van der Waals surface area (Å²) in [5, 5.41) is 8.78. The van der Waals surface area contributed by atoms with Gasteiger partial charge >= 0.3 is 0 Å². The monoisotopic (exact) mass is 176 g/mol. The first-order valence-corrected chi connectivity index (χ1v) is 4.64. The molecule has 0 radical (unpaired) electrons. The number of allylic oxidation sites excluding steroid dienone is 1. The van der Waals surface area contributed by atoms with Crippen LogP contribution >= 0.6 is 0 Å². The maximum Gasteiger partial charge on any atom is 0.0491 e. The molecule has 0 heterocycles. The van der Waals surface area contributed by atoms with Gasteiger partial charge in [0.1, 0.15) is 0 Å². The summed E-state index contributed by atoms with van der Waals surface area (Å²) in [5.41, 5.74) is 1.31. The van der Waals surface area contributed by atoms with Crippen LogP contribution in [0.3, 0.4) is 0 Å². The van der Waals surface area contributed by atoms with Gasteiger partial charge in [0.15, 0.2) is 0 Å². The lowest BCUT2D eigenvalue weighted by molar-refractivity contribution is 0.262. The van der Waals surface area contributed by atoms with E-state index in [2.05, 4.69) is 18.2 Å². The Kier molecular flexibility index (Phi) is 4.27. The van der Waals surface area contributed by atoms with Crippen molar-refractivity contribution in [2.75, 3.05) is 6.61 Å². The molecular weight excluding hydrogens is 160 g/mol. The van der Waals surface area contributed by atoms with Crippen LogP contribution in [0.15, 0.2) is 42.5 Å². The maximum absolute atomic E-state index is 8.78. The lowest BCUT2D eigenvalue weighted by Gasteiger charge is -1.99. The number of benzene rings is 1. The van der Waals surface area contributed by atoms with Gasteiger partial charge in [0.25, 0.3) is 0 Å². The highest BCUT2D eigenvalue weighted by Gasteiger charge is 1.91. The molecule has 0 aliphatic heterocycles. The summed E-state index contributed by atoms with van der Waals surface area (Å²) in [4.78, 5) is 0. The normalized spacial score (nSPS) is 13.4. The standard InChI is InChI=1S/C12H16O/c1-11(10-13)6-5-9-12-7-3-2-4-8-12/h2-8,11,13H,9-10H2,1H3/b6-5+/t11-/m1/s1. The third-order valence-corrected chi connectivity index (χ3v) is 1.95. The first-order valence-electron chi connectivity index (χ1n) is 4.64. The number of hydrogen-bond donors (Lipinski definition) is 1. The summed E-state index contributed by atoms with van der Waals surface area (Å²) in [6.45, 7) is 2.23. The van der Waals surface area contributed by atoms with E-state index in [0.29, 0.717) is 0 Å². The molecule has 0 bridgehead atoms. The van der Waals surface area contributed by atoms with Crippen LogP contribution in [0.1, 0.15) is 12.5 Å². The molecule has 0 aliphatic rings. The second-order valence-corrected chi connectivity index (χ2v) is 3.28. The fourth-order valence-electron chi connectivity index (χ4n) is 1.11. The minimum Gasteiger partial charge on any atom is -0.396 e. The predicted molar refractivity (Wildman–Crippen MR) is 55.5 cm³/mol. The predicted octanol–water partition coefficient (Wildman–Crippen LogP) is 2.41. The first-order chi connectivity index (χ1) is 6.33. The summed E-state index contributed by atoms with van der Waals surface area (Å²) in [5.74, 6) is 0.267. The molecule has 1 N–H and O–H groups in total. The van der Waals surface area contributed by atoms with E-state index in [1.165, 1.54) is 5.56 Å². The summed E-state index contributed by atoms with van der Waals surface area (Å²) in [6, 6.07) is 10.3. The number of aliphatic hydroxyl groups excluding tert-OH is 1. The van der Waals surface area contributed by atoms with E-state index in [-0.39, 0.29) is 12.5 Å². The molecule has 0 amide bonds. The Morgan fingerprint density at radius 2 is 2.00 bits per heavy atom. The summed E-state index contributed by atoms with van der Waals surface area (Å²) >= 11 is 0. The molecule has 1 heteroatoms. The van der Waals surface area contributed by atoms with Crippen LogP contribution < -0.4 is 0 Å². The van der Waals surface area contributed by atoms with Crippen LogP contribution in [0.5, 0.6) is 0 Å². The molecule has 0 saturated heterocycles. The zero-order valence-electron chi connectivity index (χ0n) is 7.98. The highest BCUT2D eigenvalue weighted by Crippen LogP contribution is 2.02. The molecule has 1 nitrogen and oxygen atoms in total. The van der Waals surface area contributed by atoms with Crippen LogP contribution in [0.25, 0.3) is 0 Å². The van der Waals surface area contributed by atoms with Crippen molar-refractivity contribution >= 4 is 0 Å². The summed E-state index contributed by atoms with van der Waals surface area (Å²) in [6.07, 6.45) is 5.11. The molecule has 0 aliphatic carbocycles. The first kappa shape index (κ1) is 10.0. The Balaban J connectivity index is 2.39. The van der Waals surface area contributed by atoms with Crippen molar-refractivity contribution < 1.29 is 5.11 Å².